The highest BCUT2D eigenvalue weighted by atomic mass is 32.3. The first-order valence-electron chi connectivity index (χ1n) is 5.42. The van der Waals surface area contributed by atoms with Crippen LogP contribution in [0.4, 0.5) is 4.79 Å². The van der Waals surface area contributed by atoms with Crippen LogP contribution in [-0.4, -0.2) is 56.0 Å². The molecule has 1 aliphatic rings. The SMILES string of the molecule is CCS(=O)(=O)N(C(C)N1CC(C)=NNC1=O)S(=O)[O-]. The van der Waals surface area contributed by atoms with Gasteiger partial charge in [-0.05, 0) is 20.8 Å². The van der Waals surface area contributed by atoms with Crippen LogP contribution in [0.15, 0.2) is 5.10 Å². The number of amides is 2. The van der Waals surface area contributed by atoms with Gasteiger partial charge in [0.05, 0.1) is 18.0 Å². The van der Waals surface area contributed by atoms with Crippen LogP contribution in [0.3, 0.4) is 0 Å². The second-order valence-corrected chi connectivity index (χ2v) is 7.09. The molecule has 1 heterocycles. The van der Waals surface area contributed by atoms with Crippen LogP contribution in [0.5, 0.6) is 0 Å². The summed E-state index contributed by atoms with van der Waals surface area (Å²) in [5.41, 5.74) is 2.72. The third kappa shape index (κ3) is 3.49. The maximum Gasteiger partial charge on any atom is 0.339 e. The number of carbonyl (C=O) groups is 1. The summed E-state index contributed by atoms with van der Waals surface area (Å²) in [6.45, 7) is 4.33. The summed E-state index contributed by atoms with van der Waals surface area (Å²) in [6.07, 6.45) is -1.16. The highest BCUT2D eigenvalue weighted by Gasteiger charge is 2.35. The van der Waals surface area contributed by atoms with E-state index in [-0.39, 0.29) is 16.0 Å². The lowest BCUT2D eigenvalue weighted by atomic mass is 10.3. The molecule has 2 unspecified atom stereocenters. The number of nitrogens with one attached hydrogen (secondary N) is 1. The fourth-order valence-electron chi connectivity index (χ4n) is 1.55. The third-order valence-corrected chi connectivity index (χ3v) is 5.77. The molecular formula is C8H15N4O5S2-. The molecule has 19 heavy (non-hydrogen) atoms. The normalized spacial score (nSPS) is 19.9. The number of hydrazone groups is 1. The van der Waals surface area contributed by atoms with E-state index in [4.69, 9.17) is 0 Å². The number of carbonyl (C=O) groups excluding carboxylic acids is 1. The summed E-state index contributed by atoms with van der Waals surface area (Å²) in [7, 11) is -3.99. The second kappa shape index (κ2) is 5.94. The molecule has 0 bridgehead atoms. The number of rotatable bonds is 5. The van der Waals surface area contributed by atoms with Gasteiger partial charge >= 0.3 is 6.03 Å². The van der Waals surface area contributed by atoms with E-state index >= 15 is 0 Å². The lowest BCUT2D eigenvalue weighted by Crippen LogP contribution is -2.57. The maximum atomic E-state index is 11.8. The Kier molecular flexibility index (Phi) is 5.01. The van der Waals surface area contributed by atoms with Gasteiger partial charge in [0.2, 0.25) is 10.0 Å². The quantitative estimate of drug-likeness (QED) is 0.665. The highest BCUT2D eigenvalue weighted by molar-refractivity contribution is 7.99. The van der Waals surface area contributed by atoms with Crippen LogP contribution in [-0.2, 0) is 21.3 Å². The summed E-state index contributed by atoms with van der Waals surface area (Å²) in [5.74, 6) is -0.381. The van der Waals surface area contributed by atoms with Crippen molar-refractivity contribution in [1.29, 1.82) is 0 Å². The number of sulfonamides is 1. The Hall–Kier alpha value is -1.04. The topological polar surface area (TPSA) is 122 Å². The first-order valence-corrected chi connectivity index (χ1v) is 8.06. The average molecular weight is 311 g/mol. The molecule has 0 saturated heterocycles. The van der Waals surface area contributed by atoms with E-state index in [0.29, 0.717) is 5.71 Å². The van der Waals surface area contributed by atoms with Crippen molar-refractivity contribution >= 4 is 33.0 Å². The van der Waals surface area contributed by atoms with Crippen molar-refractivity contribution < 1.29 is 22.0 Å². The van der Waals surface area contributed by atoms with Gasteiger partial charge in [0.25, 0.3) is 0 Å². The second-order valence-electron chi connectivity index (χ2n) is 3.90. The van der Waals surface area contributed by atoms with Crippen molar-refractivity contribution in [3.8, 4) is 0 Å². The van der Waals surface area contributed by atoms with Crippen LogP contribution >= 0.6 is 0 Å². The Labute approximate surface area is 114 Å². The average Bonchev–Trinajstić information content (AvgIpc) is 2.31. The van der Waals surface area contributed by atoms with Crippen molar-refractivity contribution in [2.75, 3.05) is 12.3 Å². The van der Waals surface area contributed by atoms with Crippen molar-refractivity contribution in [2.45, 2.75) is 26.9 Å². The molecule has 110 valence electrons. The Balaban J connectivity index is 3.08. The summed E-state index contributed by atoms with van der Waals surface area (Å²) >= 11 is -3.00. The van der Waals surface area contributed by atoms with Crippen molar-refractivity contribution in [3.63, 3.8) is 0 Å². The molecule has 0 fully saturated rings. The van der Waals surface area contributed by atoms with Gasteiger partial charge in [-0.25, -0.2) is 18.6 Å². The largest absolute Gasteiger partial charge is 0.759 e. The molecule has 0 aromatic rings. The molecular weight excluding hydrogens is 296 g/mol. The van der Waals surface area contributed by atoms with Crippen LogP contribution in [0.2, 0.25) is 0 Å². The van der Waals surface area contributed by atoms with Gasteiger partial charge in [0, 0.05) is 11.3 Å². The molecule has 9 nitrogen and oxygen atoms in total. The smallest absolute Gasteiger partial charge is 0.339 e. The van der Waals surface area contributed by atoms with Gasteiger partial charge in [-0.15, -0.1) is 3.71 Å². The monoisotopic (exact) mass is 311 g/mol. The summed E-state index contributed by atoms with van der Waals surface area (Å²) in [5, 5.41) is 3.68. The van der Waals surface area contributed by atoms with E-state index in [2.05, 4.69) is 10.5 Å². The van der Waals surface area contributed by atoms with E-state index in [1.54, 1.807) is 6.92 Å². The first-order chi connectivity index (χ1) is 8.70. The fourth-order valence-corrected chi connectivity index (χ4v) is 3.81. The van der Waals surface area contributed by atoms with Crippen LogP contribution in [0, 0.1) is 0 Å². The zero-order valence-corrected chi connectivity index (χ0v) is 12.3. The molecule has 0 saturated carbocycles. The Morgan fingerprint density at radius 1 is 1.63 bits per heavy atom. The fraction of sp³-hybridized carbons (Fsp3) is 0.750. The lowest BCUT2D eigenvalue weighted by Gasteiger charge is -2.37. The van der Waals surface area contributed by atoms with Gasteiger partial charge in [0.1, 0.15) is 6.17 Å². The minimum Gasteiger partial charge on any atom is -0.759 e. The standard InChI is InChI=1S/C8H16N4O5S2/c1-4-19(16,17)12(18(14)15)7(3)11-5-6(2)9-10-8(11)13/h7H,4-5H2,1-3H3,(H,10,13)(H,14,15)/p-1. The minimum absolute atomic E-state index is 0.0555. The van der Waals surface area contributed by atoms with Crippen LogP contribution < -0.4 is 5.43 Å². The van der Waals surface area contributed by atoms with Crippen molar-refractivity contribution in [1.82, 2.24) is 14.0 Å². The number of nitrogens with zero attached hydrogens (tertiary/aromatic N) is 3. The molecule has 1 N–H and O–H groups in total. The third-order valence-electron chi connectivity index (χ3n) is 2.54. The van der Waals surface area contributed by atoms with Gasteiger partial charge in [-0.1, -0.05) is 0 Å². The van der Waals surface area contributed by atoms with Crippen molar-refractivity contribution in [2.24, 2.45) is 5.10 Å². The Morgan fingerprint density at radius 3 is 2.68 bits per heavy atom. The maximum absolute atomic E-state index is 11.8. The molecule has 11 heteroatoms. The number of urea groups is 1. The summed E-state index contributed by atoms with van der Waals surface area (Å²) in [6, 6.07) is -0.653. The van der Waals surface area contributed by atoms with E-state index in [1.165, 1.54) is 13.8 Å². The van der Waals surface area contributed by atoms with Gasteiger partial charge in [-0.2, -0.15) is 5.10 Å². The van der Waals surface area contributed by atoms with Crippen LogP contribution in [0.1, 0.15) is 20.8 Å². The van der Waals surface area contributed by atoms with Gasteiger partial charge in [-0.3, -0.25) is 4.21 Å². The predicted molar refractivity (Wildman–Crippen MR) is 68.0 cm³/mol. The predicted octanol–water partition coefficient (Wildman–Crippen LogP) is -0.821. The number of hydrogen-bond donors (Lipinski definition) is 1. The van der Waals surface area contributed by atoms with Gasteiger partial charge in [0.15, 0.2) is 0 Å². The minimum atomic E-state index is -3.99. The van der Waals surface area contributed by atoms with E-state index in [0.717, 1.165) is 4.90 Å². The van der Waals surface area contributed by atoms with E-state index in [9.17, 15) is 22.0 Å². The molecule has 1 aliphatic heterocycles. The van der Waals surface area contributed by atoms with Crippen molar-refractivity contribution in [3.05, 3.63) is 0 Å². The highest BCUT2D eigenvalue weighted by Crippen LogP contribution is 2.15. The van der Waals surface area contributed by atoms with Gasteiger partial charge < -0.3 is 9.45 Å². The van der Waals surface area contributed by atoms with E-state index < -0.39 is 33.5 Å². The molecule has 0 aromatic carbocycles. The molecule has 0 aromatic heterocycles. The number of hydrogen-bond acceptors (Lipinski definition) is 6. The zero-order valence-electron chi connectivity index (χ0n) is 10.7. The lowest BCUT2D eigenvalue weighted by molar-refractivity contribution is 0.162. The molecule has 2 amide bonds. The molecule has 1 rings (SSSR count). The van der Waals surface area contributed by atoms with E-state index in [1.807, 2.05) is 0 Å². The molecule has 2 atom stereocenters. The molecule has 0 aliphatic carbocycles. The Bertz CT molecular complexity index is 517. The summed E-state index contributed by atoms with van der Waals surface area (Å²) < 4.78 is 46.1. The zero-order chi connectivity index (χ0) is 14.8. The molecule has 0 radical (unpaired) electrons. The Morgan fingerprint density at radius 2 is 2.21 bits per heavy atom. The molecule has 0 spiro atoms. The first kappa shape index (κ1) is 16.0. The van der Waals surface area contributed by atoms with Crippen LogP contribution in [0.25, 0.3) is 0 Å². The summed E-state index contributed by atoms with van der Waals surface area (Å²) in [4.78, 5) is 12.7.